The summed E-state index contributed by atoms with van der Waals surface area (Å²) >= 11 is 0. The van der Waals surface area contributed by atoms with E-state index in [0.29, 0.717) is 6.42 Å². The van der Waals surface area contributed by atoms with Crippen LogP contribution >= 0.6 is 0 Å². The van der Waals surface area contributed by atoms with Crippen molar-refractivity contribution in [1.29, 1.82) is 0 Å². The molecule has 1 N–H and O–H groups in total. The van der Waals surface area contributed by atoms with Gasteiger partial charge in [-0.05, 0) is 61.0 Å². The summed E-state index contributed by atoms with van der Waals surface area (Å²) in [4.78, 5) is 25.3. The number of aromatic nitrogens is 4. The SMILES string of the molecule is CC(=O)Nc1ccc(Cc2ncc(-c3cccc(C)n3)n2-c2ccc3ncccc3c2)cc1. The van der Waals surface area contributed by atoms with E-state index in [9.17, 15) is 4.79 Å². The molecule has 5 aromatic rings. The molecule has 0 fully saturated rings. The largest absolute Gasteiger partial charge is 0.326 e. The van der Waals surface area contributed by atoms with Gasteiger partial charge in [-0.2, -0.15) is 0 Å². The monoisotopic (exact) mass is 433 g/mol. The van der Waals surface area contributed by atoms with Gasteiger partial charge in [0.1, 0.15) is 5.82 Å². The standard InChI is InChI=1S/C27H23N5O/c1-18-5-3-7-25(30-18)26-17-29-27(15-20-8-10-22(11-9-20)31-19(2)33)32(26)23-12-13-24-21(16-23)6-4-14-28-24/h3-14,16-17H,15H2,1-2H3,(H,31,33). The van der Waals surface area contributed by atoms with Crippen molar-refractivity contribution in [3.05, 3.63) is 102 Å². The molecular weight excluding hydrogens is 410 g/mol. The second-order valence-electron chi connectivity index (χ2n) is 7.99. The van der Waals surface area contributed by atoms with Crippen LogP contribution in [0, 0.1) is 6.92 Å². The second kappa shape index (κ2) is 8.67. The lowest BCUT2D eigenvalue weighted by atomic mass is 10.1. The number of nitrogens with one attached hydrogen (secondary N) is 1. The number of carbonyl (C=O) groups excluding carboxylic acids is 1. The third-order valence-corrected chi connectivity index (χ3v) is 5.47. The maximum Gasteiger partial charge on any atom is 0.221 e. The number of hydrogen-bond donors (Lipinski definition) is 1. The van der Waals surface area contributed by atoms with Gasteiger partial charge >= 0.3 is 0 Å². The molecule has 0 unspecified atom stereocenters. The normalized spacial score (nSPS) is 11.0. The molecule has 0 spiro atoms. The number of aryl methyl sites for hydroxylation is 1. The molecular formula is C27H23N5O. The Morgan fingerprint density at radius 1 is 0.970 bits per heavy atom. The number of nitrogens with zero attached hydrogens (tertiary/aromatic N) is 4. The number of pyridine rings is 2. The molecule has 3 aromatic heterocycles. The Morgan fingerprint density at radius 2 is 1.82 bits per heavy atom. The van der Waals surface area contributed by atoms with Crippen LogP contribution in [0.5, 0.6) is 0 Å². The van der Waals surface area contributed by atoms with Crippen molar-refractivity contribution in [3.63, 3.8) is 0 Å². The van der Waals surface area contributed by atoms with E-state index in [0.717, 1.165) is 50.7 Å². The Morgan fingerprint density at radius 3 is 2.61 bits per heavy atom. The first-order valence-corrected chi connectivity index (χ1v) is 10.8. The first-order chi connectivity index (χ1) is 16.1. The van der Waals surface area contributed by atoms with Crippen molar-refractivity contribution in [2.24, 2.45) is 0 Å². The zero-order valence-corrected chi connectivity index (χ0v) is 18.5. The molecule has 5 rings (SSSR count). The molecule has 0 bridgehead atoms. The van der Waals surface area contributed by atoms with Crippen LogP contribution in [0.3, 0.4) is 0 Å². The molecule has 6 nitrogen and oxygen atoms in total. The fraction of sp³-hybridized carbons (Fsp3) is 0.111. The van der Waals surface area contributed by atoms with Crippen LogP contribution in [0.1, 0.15) is 24.0 Å². The summed E-state index contributed by atoms with van der Waals surface area (Å²) in [6.07, 6.45) is 4.32. The van der Waals surface area contributed by atoms with Crippen molar-refractivity contribution in [2.75, 3.05) is 5.32 Å². The fourth-order valence-corrected chi connectivity index (χ4v) is 3.96. The number of imidazole rings is 1. The second-order valence-corrected chi connectivity index (χ2v) is 7.99. The summed E-state index contributed by atoms with van der Waals surface area (Å²) < 4.78 is 2.16. The molecule has 0 saturated heterocycles. The summed E-state index contributed by atoms with van der Waals surface area (Å²) in [6, 6.07) is 24.1. The minimum Gasteiger partial charge on any atom is -0.326 e. The molecule has 0 radical (unpaired) electrons. The van der Waals surface area contributed by atoms with Gasteiger partial charge in [-0.25, -0.2) is 4.98 Å². The smallest absolute Gasteiger partial charge is 0.221 e. The highest BCUT2D eigenvalue weighted by Crippen LogP contribution is 2.27. The van der Waals surface area contributed by atoms with Gasteiger partial charge in [0.25, 0.3) is 0 Å². The maximum atomic E-state index is 11.3. The van der Waals surface area contributed by atoms with E-state index in [1.165, 1.54) is 6.92 Å². The molecule has 6 heteroatoms. The van der Waals surface area contributed by atoms with E-state index < -0.39 is 0 Å². The molecule has 0 aliphatic rings. The van der Waals surface area contributed by atoms with Gasteiger partial charge in [0, 0.05) is 42.0 Å². The summed E-state index contributed by atoms with van der Waals surface area (Å²) in [6.45, 7) is 3.49. The van der Waals surface area contributed by atoms with Crippen molar-refractivity contribution in [2.45, 2.75) is 20.3 Å². The van der Waals surface area contributed by atoms with Crippen LogP contribution in [0.2, 0.25) is 0 Å². The average Bonchev–Trinajstić information content (AvgIpc) is 3.23. The Hall–Kier alpha value is -4.32. The van der Waals surface area contributed by atoms with E-state index in [1.807, 2.05) is 67.7 Å². The zero-order chi connectivity index (χ0) is 22.8. The van der Waals surface area contributed by atoms with Crippen LogP contribution in [0.15, 0.2) is 85.2 Å². The Balaban J connectivity index is 1.59. The predicted octanol–water partition coefficient (Wildman–Crippen LogP) is 5.34. The molecule has 162 valence electrons. The van der Waals surface area contributed by atoms with Crippen LogP contribution < -0.4 is 5.32 Å². The molecule has 0 saturated carbocycles. The highest BCUT2D eigenvalue weighted by atomic mass is 16.1. The van der Waals surface area contributed by atoms with Crippen molar-refractivity contribution in [3.8, 4) is 17.1 Å². The van der Waals surface area contributed by atoms with Crippen LogP contribution in [0.25, 0.3) is 28.0 Å². The molecule has 0 aliphatic heterocycles. The minimum absolute atomic E-state index is 0.0839. The van der Waals surface area contributed by atoms with E-state index in [2.05, 4.69) is 33.1 Å². The van der Waals surface area contributed by atoms with Crippen LogP contribution in [-0.2, 0) is 11.2 Å². The lowest BCUT2D eigenvalue weighted by Gasteiger charge is -2.13. The van der Waals surface area contributed by atoms with E-state index >= 15 is 0 Å². The Bertz CT molecular complexity index is 1450. The lowest BCUT2D eigenvalue weighted by Crippen LogP contribution is -2.06. The molecule has 3 heterocycles. The number of hydrogen-bond acceptors (Lipinski definition) is 4. The van der Waals surface area contributed by atoms with Crippen molar-refractivity contribution < 1.29 is 4.79 Å². The van der Waals surface area contributed by atoms with Gasteiger partial charge in [0.15, 0.2) is 0 Å². The van der Waals surface area contributed by atoms with Gasteiger partial charge < -0.3 is 5.32 Å². The van der Waals surface area contributed by atoms with Gasteiger partial charge in [-0.3, -0.25) is 19.3 Å². The molecule has 0 aliphatic carbocycles. The summed E-state index contributed by atoms with van der Waals surface area (Å²) in [7, 11) is 0. The van der Waals surface area contributed by atoms with Crippen molar-refractivity contribution >= 4 is 22.5 Å². The predicted molar refractivity (Wildman–Crippen MR) is 130 cm³/mol. The highest BCUT2D eigenvalue weighted by molar-refractivity contribution is 5.88. The average molecular weight is 434 g/mol. The van der Waals surface area contributed by atoms with E-state index in [-0.39, 0.29) is 5.91 Å². The maximum absolute atomic E-state index is 11.3. The number of fused-ring (bicyclic) bond motifs is 1. The molecule has 1 amide bonds. The van der Waals surface area contributed by atoms with Crippen LogP contribution in [-0.4, -0.2) is 25.4 Å². The summed E-state index contributed by atoms with van der Waals surface area (Å²) in [5.41, 5.74) is 6.61. The van der Waals surface area contributed by atoms with Gasteiger partial charge in [0.2, 0.25) is 5.91 Å². The number of amides is 1. The number of rotatable bonds is 5. The van der Waals surface area contributed by atoms with E-state index in [1.54, 1.807) is 6.20 Å². The Labute approximate surface area is 192 Å². The quantitative estimate of drug-likeness (QED) is 0.406. The lowest BCUT2D eigenvalue weighted by molar-refractivity contribution is -0.114. The third kappa shape index (κ3) is 4.36. The minimum atomic E-state index is -0.0839. The molecule has 2 aromatic carbocycles. The van der Waals surface area contributed by atoms with Gasteiger partial charge in [0.05, 0.1) is 23.1 Å². The summed E-state index contributed by atoms with van der Waals surface area (Å²) in [5, 5.41) is 3.87. The zero-order valence-electron chi connectivity index (χ0n) is 18.5. The Kier molecular flexibility index (Phi) is 5.40. The number of benzene rings is 2. The highest BCUT2D eigenvalue weighted by Gasteiger charge is 2.16. The van der Waals surface area contributed by atoms with E-state index in [4.69, 9.17) is 9.97 Å². The number of anilines is 1. The van der Waals surface area contributed by atoms with Gasteiger partial charge in [-0.1, -0.05) is 24.3 Å². The first-order valence-electron chi connectivity index (χ1n) is 10.8. The third-order valence-electron chi connectivity index (χ3n) is 5.47. The fourth-order valence-electron chi connectivity index (χ4n) is 3.96. The van der Waals surface area contributed by atoms with Crippen LogP contribution in [0.4, 0.5) is 5.69 Å². The molecule has 33 heavy (non-hydrogen) atoms. The first kappa shape index (κ1) is 20.6. The number of carbonyl (C=O) groups is 1. The summed E-state index contributed by atoms with van der Waals surface area (Å²) in [5.74, 6) is 0.822. The topological polar surface area (TPSA) is 72.7 Å². The van der Waals surface area contributed by atoms with Crippen molar-refractivity contribution in [1.82, 2.24) is 19.5 Å². The molecule has 0 atom stereocenters. The van der Waals surface area contributed by atoms with Gasteiger partial charge in [-0.15, -0.1) is 0 Å².